The van der Waals surface area contributed by atoms with Gasteiger partial charge in [-0.2, -0.15) is 0 Å². The number of benzene rings is 2. The van der Waals surface area contributed by atoms with Crippen molar-refractivity contribution in [1.82, 2.24) is 0 Å². The summed E-state index contributed by atoms with van der Waals surface area (Å²) in [7, 11) is -2.38. The minimum Gasteiger partial charge on any atom is -0.495 e. The van der Waals surface area contributed by atoms with E-state index in [-0.39, 0.29) is 10.6 Å². The summed E-state index contributed by atoms with van der Waals surface area (Å²) < 4.78 is 32.1. The molecule has 2 aromatic carbocycles. The van der Waals surface area contributed by atoms with E-state index in [4.69, 9.17) is 22.1 Å². The van der Waals surface area contributed by atoms with Crippen LogP contribution in [0.15, 0.2) is 47.4 Å². The van der Waals surface area contributed by atoms with Gasteiger partial charge in [0.1, 0.15) is 10.6 Å². The van der Waals surface area contributed by atoms with Crippen molar-refractivity contribution < 1.29 is 13.2 Å². The number of nitrogens with two attached hydrogens (primary N) is 1. The zero-order chi connectivity index (χ0) is 14.8. The fraction of sp³-hybridized carbons (Fsp3) is 0.0769. The van der Waals surface area contributed by atoms with Gasteiger partial charge in [0, 0.05) is 22.5 Å². The second-order valence-electron chi connectivity index (χ2n) is 4.02. The molecule has 2 rings (SSSR count). The third kappa shape index (κ3) is 3.15. The minimum atomic E-state index is -3.76. The maximum atomic E-state index is 12.3. The maximum absolute atomic E-state index is 12.3. The lowest BCUT2D eigenvalue weighted by Crippen LogP contribution is -2.14. The van der Waals surface area contributed by atoms with Gasteiger partial charge in [0.25, 0.3) is 10.0 Å². The summed E-state index contributed by atoms with van der Waals surface area (Å²) in [5.74, 6) is 0.181. The van der Waals surface area contributed by atoms with Crippen LogP contribution in [0, 0.1) is 0 Å². The highest BCUT2D eigenvalue weighted by Gasteiger charge is 2.19. The molecule has 0 aliphatic rings. The van der Waals surface area contributed by atoms with Crippen LogP contribution in [-0.4, -0.2) is 15.5 Å². The van der Waals surface area contributed by atoms with Crippen LogP contribution < -0.4 is 15.2 Å². The predicted octanol–water partition coefficient (Wildman–Crippen LogP) is 2.73. The molecule has 0 fully saturated rings. The Bertz CT molecular complexity index is 715. The van der Waals surface area contributed by atoms with Crippen molar-refractivity contribution in [2.24, 2.45) is 0 Å². The molecule has 0 saturated heterocycles. The third-order valence-corrected chi connectivity index (χ3v) is 4.23. The Hall–Kier alpha value is -1.92. The molecular formula is C13H13ClN2O3S. The fourth-order valence-electron chi connectivity index (χ4n) is 1.62. The molecule has 0 aliphatic heterocycles. The highest BCUT2D eigenvalue weighted by molar-refractivity contribution is 7.92. The monoisotopic (exact) mass is 312 g/mol. The Morgan fingerprint density at radius 2 is 1.80 bits per heavy atom. The zero-order valence-electron chi connectivity index (χ0n) is 10.6. The number of nitrogen functional groups attached to an aromatic ring is 1. The Morgan fingerprint density at radius 1 is 1.15 bits per heavy atom. The molecule has 20 heavy (non-hydrogen) atoms. The highest BCUT2D eigenvalue weighted by atomic mass is 35.5. The van der Waals surface area contributed by atoms with Gasteiger partial charge in [0.15, 0.2) is 0 Å². The Morgan fingerprint density at radius 3 is 2.40 bits per heavy atom. The number of hydrogen-bond acceptors (Lipinski definition) is 4. The molecule has 2 aromatic rings. The maximum Gasteiger partial charge on any atom is 0.265 e. The lowest BCUT2D eigenvalue weighted by atomic mass is 10.3. The average Bonchev–Trinajstić information content (AvgIpc) is 2.40. The topological polar surface area (TPSA) is 81.4 Å². The lowest BCUT2D eigenvalue weighted by Gasteiger charge is -2.12. The van der Waals surface area contributed by atoms with E-state index in [2.05, 4.69) is 4.72 Å². The van der Waals surface area contributed by atoms with Crippen molar-refractivity contribution in [3.05, 3.63) is 47.5 Å². The molecule has 0 atom stereocenters. The molecular weight excluding hydrogens is 300 g/mol. The van der Waals surface area contributed by atoms with Crippen LogP contribution in [0.3, 0.4) is 0 Å². The summed E-state index contributed by atoms with van der Waals surface area (Å²) >= 11 is 5.81. The van der Waals surface area contributed by atoms with Crippen LogP contribution in [0.1, 0.15) is 0 Å². The van der Waals surface area contributed by atoms with Gasteiger partial charge < -0.3 is 10.5 Å². The van der Waals surface area contributed by atoms with Crippen molar-refractivity contribution in [1.29, 1.82) is 0 Å². The largest absolute Gasteiger partial charge is 0.495 e. The lowest BCUT2D eigenvalue weighted by molar-refractivity contribution is 0.403. The van der Waals surface area contributed by atoms with E-state index in [0.29, 0.717) is 16.4 Å². The van der Waals surface area contributed by atoms with E-state index in [1.54, 1.807) is 24.3 Å². The van der Waals surface area contributed by atoms with Gasteiger partial charge in [-0.3, -0.25) is 4.72 Å². The average molecular weight is 313 g/mol. The molecule has 7 heteroatoms. The van der Waals surface area contributed by atoms with E-state index in [9.17, 15) is 8.42 Å². The van der Waals surface area contributed by atoms with Gasteiger partial charge in [-0.25, -0.2) is 8.42 Å². The molecule has 0 bridgehead atoms. The van der Waals surface area contributed by atoms with Crippen LogP contribution in [0.5, 0.6) is 5.75 Å². The summed E-state index contributed by atoms with van der Waals surface area (Å²) in [6, 6.07) is 10.7. The number of hydrogen-bond donors (Lipinski definition) is 2. The van der Waals surface area contributed by atoms with Gasteiger partial charge in [-0.1, -0.05) is 11.6 Å². The molecule has 0 spiro atoms. The first-order chi connectivity index (χ1) is 9.42. The molecule has 0 aromatic heterocycles. The molecule has 3 N–H and O–H groups in total. The van der Waals surface area contributed by atoms with Gasteiger partial charge >= 0.3 is 0 Å². The minimum absolute atomic E-state index is 0.0150. The van der Waals surface area contributed by atoms with Crippen molar-refractivity contribution in [3.63, 3.8) is 0 Å². The molecule has 0 heterocycles. The molecule has 106 valence electrons. The van der Waals surface area contributed by atoms with Crippen LogP contribution in [-0.2, 0) is 10.0 Å². The first-order valence-corrected chi connectivity index (χ1v) is 7.50. The summed E-state index contributed by atoms with van der Waals surface area (Å²) in [6.45, 7) is 0. The predicted molar refractivity (Wildman–Crippen MR) is 79.7 cm³/mol. The SMILES string of the molecule is COc1cc(Cl)ccc1S(=O)(=O)Nc1ccc(N)cc1. The smallest absolute Gasteiger partial charge is 0.265 e. The Balaban J connectivity index is 2.38. The second kappa shape index (κ2) is 5.60. The number of halogens is 1. The fourth-order valence-corrected chi connectivity index (χ4v) is 3.00. The first-order valence-electron chi connectivity index (χ1n) is 5.64. The number of anilines is 2. The Kier molecular flexibility index (Phi) is 4.06. The summed E-state index contributed by atoms with van der Waals surface area (Å²) in [5, 5.41) is 0.397. The van der Waals surface area contributed by atoms with E-state index >= 15 is 0 Å². The first kappa shape index (κ1) is 14.5. The van der Waals surface area contributed by atoms with Crippen LogP contribution in [0.2, 0.25) is 5.02 Å². The highest BCUT2D eigenvalue weighted by Crippen LogP contribution is 2.28. The van der Waals surface area contributed by atoms with E-state index in [0.717, 1.165) is 0 Å². The van der Waals surface area contributed by atoms with Crippen LogP contribution in [0.4, 0.5) is 11.4 Å². The summed E-state index contributed by atoms with van der Waals surface area (Å²) in [4.78, 5) is 0.0150. The van der Waals surface area contributed by atoms with Crippen molar-refractivity contribution >= 4 is 33.0 Å². The van der Waals surface area contributed by atoms with Gasteiger partial charge in [-0.15, -0.1) is 0 Å². The quantitative estimate of drug-likeness (QED) is 0.851. The molecule has 0 aliphatic carbocycles. The van der Waals surface area contributed by atoms with Crippen molar-refractivity contribution in [2.75, 3.05) is 17.6 Å². The molecule has 0 saturated carbocycles. The van der Waals surface area contributed by atoms with Crippen LogP contribution >= 0.6 is 11.6 Å². The van der Waals surface area contributed by atoms with Crippen LogP contribution in [0.25, 0.3) is 0 Å². The standard InChI is InChI=1S/C13H13ClN2O3S/c1-19-12-8-9(14)2-7-13(12)20(17,18)16-11-5-3-10(15)4-6-11/h2-8,16H,15H2,1H3. The van der Waals surface area contributed by atoms with E-state index in [1.165, 1.54) is 25.3 Å². The van der Waals surface area contributed by atoms with Gasteiger partial charge in [0.2, 0.25) is 0 Å². The van der Waals surface area contributed by atoms with Gasteiger partial charge in [-0.05, 0) is 36.4 Å². The number of rotatable bonds is 4. The number of methoxy groups -OCH3 is 1. The third-order valence-electron chi connectivity index (χ3n) is 2.58. The molecule has 0 amide bonds. The zero-order valence-corrected chi connectivity index (χ0v) is 12.2. The summed E-state index contributed by atoms with van der Waals surface area (Å²) in [6.07, 6.45) is 0. The van der Waals surface area contributed by atoms with Crippen molar-refractivity contribution in [2.45, 2.75) is 4.90 Å². The normalized spacial score (nSPS) is 11.1. The van der Waals surface area contributed by atoms with Gasteiger partial charge in [0.05, 0.1) is 7.11 Å². The second-order valence-corrected chi connectivity index (χ2v) is 6.11. The number of nitrogens with one attached hydrogen (secondary N) is 1. The van der Waals surface area contributed by atoms with E-state index < -0.39 is 10.0 Å². The summed E-state index contributed by atoms with van der Waals surface area (Å²) in [5.41, 5.74) is 6.52. The molecule has 0 radical (unpaired) electrons. The van der Waals surface area contributed by atoms with E-state index in [1.807, 2.05) is 0 Å². The molecule has 5 nitrogen and oxygen atoms in total. The number of ether oxygens (including phenoxy) is 1. The number of sulfonamides is 1. The Labute approximate surface area is 122 Å². The molecule has 0 unspecified atom stereocenters. The van der Waals surface area contributed by atoms with Crippen molar-refractivity contribution in [3.8, 4) is 5.75 Å².